The van der Waals surface area contributed by atoms with Gasteiger partial charge in [0.15, 0.2) is 0 Å². The van der Waals surface area contributed by atoms with Gasteiger partial charge < -0.3 is 9.88 Å². The van der Waals surface area contributed by atoms with Gasteiger partial charge in [0.2, 0.25) is 0 Å². The highest BCUT2D eigenvalue weighted by molar-refractivity contribution is 5.11. The molecule has 0 aliphatic rings. The van der Waals surface area contributed by atoms with Gasteiger partial charge in [-0.05, 0) is 40.2 Å². The smallest absolute Gasteiger partial charge is 0.0951 e. The zero-order valence-electron chi connectivity index (χ0n) is 11.4. The first kappa shape index (κ1) is 13.2. The average Bonchev–Trinajstić information content (AvgIpc) is 2.65. The molecule has 0 radical (unpaired) electrons. The quantitative estimate of drug-likeness (QED) is 0.831. The van der Waals surface area contributed by atoms with Crippen molar-refractivity contribution in [1.82, 2.24) is 14.9 Å². The highest BCUT2D eigenvalue weighted by Crippen LogP contribution is 2.25. The first-order chi connectivity index (χ1) is 7.38. The Bertz CT molecular complexity index is 326. The molecule has 1 aromatic heterocycles. The van der Waals surface area contributed by atoms with Crippen molar-refractivity contribution >= 4 is 0 Å². The van der Waals surface area contributed by atoms with Crippen LogP contribution < -0.4 is 5.32 Å². The molecule has 0 fully saturated rings. The number of aromatic nitrogens is 2. The molecule has 0 saturated heterocycles. The summed E-state index contributed by atoms with van der Waals surface area (Å²) >= 11 is 0. The van der Waals surface area contributed by atoms with Gasteiger partial charge in [0.1, 0.15) is 0 Å². The van der Waals surface area contributed by atoms with E-state index in [2.05, 4.69) is 49.5 Å². The molecule has 92 valence electrons. The molecule has 16 heavy (non-hydrogen) atoms. The molecule has 3 nitrogen and oxygen atoms in total. The van der Waals surface area contributed by atoms with Crippen molar-refractivity contribution in [2.24, 2.45) is 5.92 Å². The molecule has 0 amide bonds. The fraction of sp³-hybridized carbons (Fsp3) is 0.769. The molecule has 0 saturated carbocycles. The van der Waals surface area contributed by atoms with E-state index >= 15 is 0 Å². The SMILES string of the molecule is CNC(C)(C)c1cncn1C(C)CC(C)C. The third-order valence-electron chi connectivity index (χ3n) is 3.22. The van der Waals surface area contributed by atoms with Crippen molar-refractivity contribution in [3.63, 3.8) is 0 Å². The summed E-state index contributed by atoms with van der Waals surface area (Å²) in [6.07, 6.45) is 5.10. The maximum Gasteiger partial charge on any atom is 0.0951 e. The van der Waals surface area contributed by atoms with Gasteiger partial charge in [-0.3, -0.25) is 0 Å². The van der Waals surface area contributed by atoms with Crippen LogP contribution in [0.4, 0.5) is 0 Å². The van der Waals surface area contributed by atoms with Crippen molar-refractivity contribution in [1.29, 1.82) is 0 Å². The normalized spacial score (nSPS) is 14.4. The lowest BCUT2D eigenvalue weighted by Gasteiger charge is -2.28. The lowest BCUT2D eigenvalue weighted by Crippen LogP contribution is -2.36. The zero-order chi connectivity index (χ0) is 12.3. The average molecular weight is 223 g/mol. The van der Waals surface area contributed by atoms with Gasteiger partial charge >= 0.3 is 0 Å². The number of nitrogens with zero attached hydrogens (tertiary/aromatic N) is 2. The van der Waals surface area contributed by atoms with E-state index in [4.69, 9.17) is 0 Å². The Morgan fingerprint density at radius 3 is 2.50 bits per heavy atom. The Kier molecular flexibility index (Phi) is 4.14. The predicted octanol–water partition coefficient (Wildman–Crippen LogP) is 2.94. The molecule has 0 bridgehead atoms. The Morgan fingerprint density at radius 1 is 1.38 bits per heavy atom. The van der Waals surface area contributed by atoms with E-state index in [1.54, 1.807) is 0 Å². The summed E-state index contributed by atoms with van der Waals surface area (Å²) in [5, 5.41) is 3.33. The minimum atomic E-state index is -0.0261. The van der Waals surface area contributed by atoms with Crippen molar-refractivity contribution < 1.29 is 0 Å². The molecule has 0 aliphatic heterocycles. The van der Waals surface area contributed by atoms with Crippen molar-refractivity contribution in [2.75, 3.05) is 7.05 Å². The topological polar surface area (TPSA) is 29.9 Å². The second-order valence-corrected chi connectivity index (χ2v) is 5.54. The third kappa shape index (κ3) is 2.85. The lowest BCUT2D eigenvalue weighted by molar-refractivity contribution is 0.362. The fourth-order valence-electron chi connectivity index (χ4n) is 2.06. The second kappa shape index (κ2) is 5.00. The number of nitrogens with one attached hydrogen (secondary N) is 1. The molecule has 0 aliphatic carbocycles. The van der Waals surface area contributed by atoms with Crippen molar-refractivity contribution in [3.05, 3.63) is 18.2 Å². The lowest BCUT2D eigenvalue weighted by atomic mass is 9.99. The van der Waals surface area contributed by atoms with Gasteiger partial charge in [-0.1, -0.05) is 13.8 Å². The molecular formula is C13H25N3. The molecule has 1 atom stereocenters. The molecule has 0 aromatic carbocycles. The summed E-state index contributed by atoms with van der Waals surface area (Å²) < 4.78 is 2.29. The van der Waals surface area contributed by atoms with Gasteiger partial charge in [-0.25, -0.2) is 4.98 Å². The minimum Gasteiger partial charge on any atom is -0.330 e. The summed E-state index contributed by atoms with van der Waals surface area (Å²) in [4.78, 5) is 4.29. The summed E-state index contributed by atoms with van der Waals surface area (Å²) in [7, 11) is 1.99. The number of hydrogen-bond donors (Lipinski definition) is 1. The van der Waals surface area contributed by atoms with E-state index in [1.165, 1.54) is 12.1 Å². The van der Waals surface area contributed by atoms with Crippen LogP contribution >= 0.6 is 0 Å². The largest absolute Gasteiger partial charge is 0.330 e. The first-order valence-corrected chi connectivity index (χ1v) is 6.09. The summed E-state index contributed by atoms with van der Waals surface area (Å²) in [5.41, 5.74) is 1.23. The van der Waals surface area contributed by atoms with Crippen molar-refractivity contribution in [3.8, 4) is 0 Å². The Morgan fingerprint density at radius 2 is 2.00 bits per heavy atom. The van der Waals surface area contributed by atoms with Crippen LogP contribution in [0.2, 0.25) is 0 Å². The highest BCUT2D eigenvalue weighted by atomic mass is 15.1. The molecule has 3 heteroatoms. The Balaban J connectivity index is 2.94. The van der Waals surface area contributed by atoms with Gasteiger partial charge in [0.05, 0.1) is 23.8 Å². The first-order valence-electron chi connectivity index (χ1n) is 6.09. The molecule has 1 N–H and O–H groups in total. The van der Waals surface area contributed by atoms with Crippen LogP contribution in [0.3, 0.4) is 0 Å². The summed E-state index contributed by atoms with van der Waals surface area (Å²) in [6, 6.07) is 0.505. The Hall–Kier alpha value is -0.830. The predicted molar refractivity (Wildman–Crippen MR) is 68.5 cm³/mol. The van der Waals surface area contributed by atoms with Crippen LogP contribution in [0.15, 0.2) is 12.5 Å². The molecule has 1 unspecified atom stereocenters. The van der Waals surface area contributed by atoms with Crippen LogP contribution in [0.5, 0.6) is 0 Å². The van der Waals surface area contributed by atoms with E-state index in [0.717, 1.165) is 0 Å². The van der Waals surface area contributed by atoms with Gasteiger partial charge in [-0.15, -0.1) is 0 Å². The number of rotatable bonds is 5. The Labute approximate surface area is 99.3 Å². The van der Waals surface area contributed by atoms with E-state index < -0.39 is 0 Å². The summed E-state index contributed by atoms with van der Waals surface area (Å²) in [5.74, 6) is 0.711. The standard InChI is InChI=1S/C13H25N3/c1-10(2)7-11(3)16-9-15-8-12(16)13(4,5)14-6/h8-11,14H,7H2,1-6H3. The van der Waals surface area contributed by atoms with Gasteiger partial charge in [-0.2, -0.15) is 0 Å². The molecule has 0 spiro atoms. The van der Waals surface area contributed by atoms with Gasteiger partial charge in [0, 0.05) is 6.04 Å². The maximum absolute atomic E-state index is 4.29. The van der Waals surface area contributed by atoms with E-state index in [-0.39, 0.29) is 5.54 Å². The second-order valence-electron chi connectivity index (χ2n) is 5.54. The van der Waals surface area contributed by atoms with E-state index in [1.807, 2.05) is 19.6 Å². The molecular weight excluding hydrogens is 198 g/mol. The third-order valence-corrected chi connectivity index (χ3v) is 3.22. The monoisotopic (exact) mass is 223 g/mol. The molecule has 1 aromatic rings. The van der Waals surface area contributed by atoms with E-state index in [0.29, 0.717) is 12.0 Å². The van der Waals surface area contributed by atoms with Crippen LogP contribution in [0.25, 0.3) is 0 Å². The minimum absolute atomic E-state index is 0.0261. The number of imidazole rings is 1. The zero-order valence-corrected chi connectivity index (χ0v) is 11.4. The highest BCUT2D eigenvalue weighted by Gasteiger charge is 2.24. The van der Waals surface area contributed by atoms with Gasteiger partial charge in [0.25, 0.3) is 0 Å². The molecule has 1 rings (SSSR count). The van der Waals surface area contributed by atoms with E-state index in [9.17, 15) is 0 Å². The maximum atomic E-state index is 4.29. The number of hydrogen-bond acceptors (Lipinski definition) is 2. The summed E-state index contributed by atoms with van der Waals surface area (Å²) in [6.45, 7) is 11.1. The van der Waals surface area contributed by atoms with Crippen LogP contribution in [0.1, 0.15) is 52.8 Å². The fourth-order valence-corrected chi connectivity index (χ4v) is 2.06. The van der Waals surface area contributed by atoms with Crippen LogP contribution in [-0.4, -0.2) is 16.6 Å². The van der Waals surface area contributed by atoms with Crippen molar-refractivity contribution in [2.45, 2.75) is 52.6 Å². The van der Waals surface area contributed by atoms with Crippen LogP contribution in [-0.2, 0) is 5.54 Å². The molecule has 1 heterocycles. The van der Waals surface area contributed by atoms with Crippen LogP contribution in [0, 0.1) is 5.92 Å².